The van der Waals surface area contributed by atoms with Crippen molar-refractivity contribution in [1.82, 2.24) is 5.32 Å². The van der Waals surface area contributed by atoms with Crippen LogP contribution in [0, 0.1) is 11.3 Å². The fourth-order valence-corrected chi connectivity index (χ4v) is 4.31. The second-order valence-corrected chi connectivity index (χ2v) is 9.40. The number of allylic oxidation sites excluding steroid dienone is 6. The minimum Gasteiger partial charge on any atom is -0.505 e. The third kappa shape index (κ3) is 5.76. The van der Waals surface area contributed by atoms with Crippen LogP contribution >= 0.6 is 0 Å². The average Bonchev–Trinajstić information content (AvgIpc) is 2.71. The molecule has 0 amide bonds. The van der Waals surface area contributed by atoms with Gasteiger partial charge in [-0.05, 0) is 64.2 Å². The molecule has 0 unspecified atom stereocenters. The number of carbonyl (C=O) groups excluding carboxylic acids is 2. The highest BCUT2D eigenvalue weighted by atomic mass is 16.4. The van der Waals surface area contributed by atoms with Gasteiger partial charge in [0.1, 0.15) is 5.76 Å². The highest BCUT2D eigenvalue weighted by Crippen LogP contribution is 2.45. The number of aliphatic carboxylic acids is 1. The largest absolute Gasteiger partial charge is 0.505 e. The number of nitrogens with one attached hydrogen (secondary N) is 1. The van der Waals surface area contributed by atoms with Crippen molar-refractivity contribution >= 4 is 17.5 Å². The van der Waals surface area contributed by atoms with Crippen molar-refractivity contribution in [3.05, 3.63) is 46.4 Å². The molecule has 32 heavy (non-hydrogen) atoms. The summed E-state index contributed by atoms with van der Waals surface area (Å²) in [6.07, 6.45) is 7.86. The molecule has 4 atom stereocenters. The van der Waals surface area contributed by atoms with Gasteiger partial charge >= 0.3 is 5.97 Å². The summed E-state index contributed by atoms with van der Waals surface area (Å²) >= 11 is 0. The zero-order valence-corrected chi connectivity index (χ0v) is 19.6. The summed E-state index contributed by atoms with van der Waals surface area (Å²) in [6.45, 7) is 9.99. The Morgan fingerprint density at radius 1 is 1.38 bits per heavy atom. The Balaban J connectivity index is 2.13. The smallest absolute Gasteiger partial charge is 0.328 e. The van der Waals surface area contributed by atoms with Gasteiger partial charge in [-0.3, -0.25) is 9.59 Å². The summed E-state index contributed by atoms with van der Waals surface area (Å²) < 4.78 is 0. The maximum absolute atomic E-state index is 12.3. The van der Waals surface area contributed by atoms with Gasteiger partial charge in [0.15, 0.2) is 6.04 Å². The third-order valence-electron chi connectivity index (χ3n) is 7.03. The highest BCUT2D eigenvalue weighted by Gasteiger charge is 2.34. The summed E-state index contributed by atoms with van der Waals surface area (Å²) in [6, 6.07) is -1.43. The van der Waals surface area contributed by atoms with E-state index in [2.05, 4.69) is 32.2 Å². The standard InChI is InChI=1S/C25H35NO6/c1-14(10-12-25(5)11-6-7-15(2)16(25)3)8-9-18-22(29)19(13-20(28)23(18)30)26-21(17(4)27)24(31)32/h7-8,13,16-17,21,26-27,29H,6,9-12H2,1-5H3,(H,31,32)/b14-8+/t16-,17+,21-,25-/m1/s1. The number of hydrogen-bond acceptors (Lipinski definition) is 6. The summed E-state index contributed by atoms with van der Waals surface area (Å²) in [4.78, 5) is 35.8. The Hall–Kier alpha value is -2.67. The molecule has 0 aliphatic heterocycles. The minimum absolute atomic E-state index is 0.0683. The van der Waals surface area contributed by atoms with E-state index in [1.807, 2.05) is 13.0 Å². The highest BCUT2D eigenvalue weighted by molar-refractivity contribution is 6.48. The van der Waals surface area contributed by atoms with E-state index in [9.17, 15) is 29.7 Å². The van der Waals surface area contributed by atoms with Crippen LogP contribution in [0.5, 0.6) is 0 Å². The maximum Gasteiger partial charge on any atom is 0.328 e. The Kier molecular flexibility index (Phi) is 8.24. The van der Waals surface area contributed by atoms with Gasteiger partial charge in [0.2, 0.25) is 11.6 Å². The lowest BCUT2D eigenvalue weighted by Gasteiger charge is -2.40. The fourth-order valence-electron chi connectivity index (χ4n) is 4.31. The van der Waals surface area contributed by atoms with Crippen LogP contribution in [0.15, 0.2) is 46.4 Å². The molecular weight excluding hydrogens is 410 g/mol. The van der Waals surface area contributed by atoms with Gasteiger partial charge in [-0.1, -0.05) is 37.1 Å². The molecule has 0 aromatic carbocycles. The van der Waals surface area contributed by atoms with Crippen molar-refractivity contribution in [3.8, 4) is 0 Å². The average molecular weight is 446 g/mol. The van der Waals surface area contributed by atoms with Crippen molar-refractivity contribution in [2.45, 2.75) is 78.9 Å². The molecule has 176 valence electrons. The quantitative estimate of drug-likeness (QED) is 0.242. The van der Waals surface area contributed by atoms with Crippen molar-refractivity contribution < 1.29 is 29.7 Å². The van der Waals surface area contributed by atoms with Crippen molar-refractivity contribution in [2.75, 3.05) is 0 Å². The second kappa shape index (κ2) is 10.3. The summed E-state index contributed by atoms with van der Waals surface area (Å²) in [5, 5.41) is 31.9. The summed E-state index contributed by atoms with van der Waals surface area (Å²) in [5.74, 6) is -2.95. The van der Waals surface area contributed by atoms with Crippen molar-refractivity contribution in [1.29, 1.82) is 0 Å². The lowest BCUT2D eigenvalue weighted by atomic mass is 9.65. The van der Waals surface area contributed by atoms with Gasteiger partial charge < -0.3 is 20.6 Å². The first-order valence-electron chi connectivity index (χ1n) is 11.1. The number of aliphatic hydroxyl groups is 2. The molecule has 7 heteroatoms. The van der Waals surface area contributed by atoms with Gasteiger partial charge in [-0.25, -0.2) is 4.79 Å². The second-order valence-electron chi connectivity index (χ2n) is 9.40. The first-order valence-corrected chi connectivity index (χ1v) is 11.1. The van der Waals surface area contributed by atoms with Crippen LogP contribution in [-0.4, -0.2) is 45.0 Å². The maximum atomic E-state index is 12.3. The topological polar surface area (TPSA) is 124 Å². The first-order chi connectivity index (χ1) is 14.9. The molecule has 0 fully saturated rings. The van der Waals surface area contributed by atoms with Crippen LogP contribution in [0.25, 0.3) is 0 Å². The number of carboxylic acids is 1. The Labute approximate surface area is 189 Å². The van der Waals surface area contributed by atoms with Crippen molar-refractivity contribution in [2.24, 2.45) is 11.3 Å². The molecular formula is C25H35NO6. The molecule has 0 aromatic heterocycles. The molecule has 7 nitrogen and oxygen atoms in total. The van der Waals surface area contributed by atoms with E-state index >= 15 is 0 Å². The van der Waals surface area contributed by atoms with E-state index in [1.54, 1.807) is 0 Å². The molecule has 2 aliphatic carbocycles. The zero-order chi connectivity index (χ0) is 24.2. The molecule has 0 heterocycles. The minimum atomic E-state index is -1.43. The SMILES string of the molecule is CC1=CCC[C@](C)(CC/C(C)=C/CC2=C(O)C(N[C@@H](C(=O)O)[C@H](C)O)=CC(=O)C2=O)[C@@H]1C. The molecule has 4 N–H and O–H groups in total. The summed E-state index contributed by atoms with van der Waals surface area (Å²) in [7, 11) is 0. The van der Waals surface area contributed by atoms with E-state index < -0.39 is 35.4 Å². The van der Waals surface area contributed by atoms with Crippen LogP contribution in [0.3, 0.4) is 0 Å². The van der Waals surface area contributed by atoms with Gasteiger partial charge in [0.25, 0.3) is 0 Å². The number of Topliss-reactive ketones (excluding diaryl/α,β-unsaturated/α-hetero) is 1. The lowest BCUT2D eigenvalue weighted by molar-refractivity contribution is -0.141. The number of carbonyl (C=O) groups is 3. The first kappa shape index (κ1) is 25.6. The molecule has 0 saturated carbocycles. The van der Waals surface area contributed by atoms with E-state index in [0.717, 1.165) is 37.3 Å². The van der Waals surface area contributed by atoms with E-state index in [4.69, 9.17) is 0 Å². The monoisotopic (exact) mass is 445 g/mol. The Bertz CT molecular complexity index is 907. The van der Waals surface area contributed by atoms with E-state index in [0.29, 0.717) is 5.92 Å². The van der Waals surface area contributed by atoms with E-state index in [-0.39, 0.29) is 23.1 Å². The molecule has 0 aromatic rings. The van der Waals surface area contributed by atoms with Gasteiger partial charge in [0.05, 0.1) is 17.4 Å². The lowest BCUT2D eigenvalue weighted by Crippen LogP contribution is -2.45. The molecule has 0 spiro atoms. The number of hydrogen-bond donors (Lipinski definition) is 4. The zero-order valence-electron chi connectivity index (χ0n) is 19.6. The van der Waals surface area contributed by atoms with Crippen LogP contribution in [-0.2, 0) is 14.4 Å². The predicted octanol–water partition coefficient (Wildman–Crippen LogP) is 3.76. The van der Waals surface area contributed by atoms with Crippen LogP contribution in [0.2, 0.25) is 0 Å². The molecule has 2 aliphatic rings. The number of aliphatic hydroxyl groups excluding tert-OH is 2. The molecule has 0 radical (unpaired) electrons. The Morgan fingerprint density at radius 2 is 2.03 bits per heavy atom. The molecule has 0 bridgehead atoms. The molecule has 2 rings (SSSR count). The Morgan fingerprint density at radius 3 is 2.62 bits per heavy atom. The number of rotatable bonds is 9. The normalized spacial score (nSPS) is 26.4. The van der Waals surface area contributed by atoms with Crippen LogP contribution in [0.4, 0.5) is 0 Å². The summed E-state index contributed by atoms with van der Waals surface area (Å²) in [5.41, 5.74) is 2.44. The predicted molar refractivity (Wildman–Crippen MR) is 122 cm³/mol. The number of carboxylic acid groups (broad SMARTS) is 1. The van der Waals surface area contributed by atoms with Crippen molar-refractivity contribution in [3.63, 3.8) is 0 Å². The van der Waals surface area contributed by atoms with Crippen LogP contribution < -0.4 is 5.32 Å². The third-order valence-corrected chi connectivity index (χ3v) is 7.03. The fraction of sp³-hybridized carbons (Fsp3) is 0.560. The van der Waals surface area contributed by atoms with Gasteiger partial charge in [-0.2, -0.15) is 0 Å². The van der Waals surface area contributed by atoms with Gasteiger partial charge in [0, 0.05) is 6.08 Å². The molecule has 0 saturated heterocycles. The number of ketones is 2. The van der Waals surface area contributed by atoms with E-state index in [1.165, 1.54) is 12.5 Å². The van der Waals surface area contributed by atoms with Gasteiger partial charge in [-0.15, -0.1) is 0 Å². The van der Waals surface area contributed by atoms with Crippen LogP contribution in [0.1, 0.15) is 66.7 Å².